The predicted molar refractivity (Wildman–Crippen MR) is 70.5 cm³/mol. The van der Waals surface area contributed by atoms with Gasteiger partial charge in [-0.1, -0.05) is 6.42 Å². The van der Waals surface area contributed by atoms with Crippen LogP contribution in [0.3, 0.4) is 0 Å². The van der Waals surface area contributed by atoms with Crippen molar-refractivity contribution in [3.8, 4) is 0 Å². The van der Waals surface area contributed by atoms with Crippen LogP contribution in [0.1, 0.15) is 42.4 Å². The number of nitrogens with one attached hydrogen (secondary N) is 2. The Kier molecular flexibility index (Phi) is 4.01. The topological polar surface area (TPSA) is 59.0 Å². The molecule has 1 aromatic heterocycles. The number of rotatable bonds is 3. The molecule has 2 N–H and O–H groups in total. The fourth-order valence-corrected chi connectivity index (χ4v) is 2.51. The lowest BCUT2D eigenvalue weighted by molar-refractivity contribution is 0.0918. The molecule has 2 heterocycles. The largest absolute Gasteiger partial charge is 0.347 e. The smallest absolute Gasteiger partial charge is 0.269 e. The molecule has 1 fully saturated rings. The molecule has 5 heteroatoms. The third-order valence-electron chi connectivity index (χ3n) is 3.55. The van der Waals surface area contributed by atoms with Crippen molar-refractivity contribution < 1.29 is 4.79 Å². The zero-order valence-electron chi connectivity index (χ0n) is 11.4. The first-order valence-electron chi connectivity index (χ1n) is 6.63. The number of piperidine rings is 1. The van der Waals surface area contributed by atoms with Crippen molar-refractivity contribution in [3.63, 3.8) is 0 Å². The fourth-order valence-electron chi connectivity index (χ4n) is 2.51. The Morgan fingerprint density at radius 2 is 2.39 bits per heavy atom. The molecule has 2 rings (SSSR count). The van der Waals surface area contributed by atoms with Gasteiger partial charge in [0.1, 0.15) is 5.69 Å². The summed E-state index contributed by atoms with van der Waals surface area (Å²) in [5, 5.41) is 10.7. The molecule has 1 amide bonds. The number of aromatic nitrogens is 2. The van der Waals surface area contributed by atoms with Crippen LogP contribution in [0.15, 0.2) is 6.07 Å². The molecule has 0 radical (unpaired) electrons. The minimum atomic E-state index is -0.0435. The Hall–Kier alpha value is -1.36. The maximum absolute atomic E-state index is 12.1. The number of hydrogen-bond acceptors (Lipinski definition) is 3. The molecule has 1 aliphatic rings. The molecule has 1 aromatic rings. The number of nitrogens with zero attached hydrogens (tertiary/aromatic N) is 2. The van der Waals surface area contributed by atoms with Crippen molar-refractivity contribution >= 4 is 5.91 Å². The number of amides is 1. The molecule has 0 aromatic carbocycles. The van der Waals surface area contributed by atoms with E-state index in [9.17, 15) is 4.79 Å². The van der Waals surface area contributed by atoms with Gasteiger partial charge in [0.05, 0.1) is 5.69 Å². The van der Waals surface area contributed by atoms with E-state index < -0.39 is 0 Å². The molecule has 0 aliphatic carbocycles. The lowest BCUT2D eigenvalue weighted by atomic mass is 9.99. The highest BCUT2D eigenvalue weighted by Gasteiger charge is 2.22. The van der Waals surface area contributed by atoms with Gasteiger partial charge in [-0.3, -0.25) is 9.48 Å². The first kappa shape index (κ1) is 13.1. The van der Waals surface area contributed by atoms with Gasteiger partial charge >= 0.3 is 0 Å². The van der Waals surface area contributed by atoms with Gasteiger partial charge in [-0.05, 0) is 39.3 Å². The second kappa shape index (κ2) is 5.52. The van der Waals surface area contributed by atoms with Crippen LogP contribution in [0.2, 0.25) is 0 Å². The van der Waals surface area contributed by atoms with Crippen LogP contribution >= 0.6 is 0 Å². The summed E-state index contributed by atoms with van der Waals surface area (Å²) in [5.74, 6) is -0.0435. The molecule has 0 spiro atoms. The summed E-state index contributed by atoms with van der Waals surface area (Å²) in [6.07, 6.45) is 3.60. The van der Waals surface area contributed by atoms with Crippen LogP contribution in [-0.4, -0.2) is 34.3 Å². The molecule has 1 aliphatic heterocycles. The molecular weight excluding hydrogens is 228 g/mol. The van der Waals surface area contributed by atoms with Gasteiger partial charge in [0, 0.05) is 19.1 Å². The summed E-state index contributed by atoms with van der Waals surface area (Å²) in [6, 6.07) is 2.35. The highest BCUT2D eigenvalue weighted by molar-refractivity contribution is 5.92. The maximum atomic E-state index is 12.1. The average molecular weight is 250 g/mol. The fraction of sp³-hybridized carbons (Fsp3) is 0.692. The molecule has 2 unspecified atom stereocenters. The van der Waals surface area contributed by atoms with Crippen LogP contribution in [-0.2, 0) is 7.05 Å². The van der Waals surface area contributed by atoms with Crippen molar-refractivity contribution in [2.75, 3.05) is 6.54 Å². The Morgan fingerprint density at radius 1 is 1.61 bits per heavy atom. The van der Waals surface area contributed by atoms with Gasteiger partial charge in [0.2, 0.25) is 0 Å². The number of aryl methyl sites for hydroxylation is 2. The highest BCUT2D eigenvalue weighted by atomic mass is 16.2. The zero-order valence-corrected chi connectivity index (χ0v) is 11.4. The summed E-state index contributed by atoms with van der Waals surface area (Å²) in [6.45, 7) is 5.00. The summed E-state index contributed by atoms with van der Waals surface area (Å²) >= 11 is 0. The Labute approximate surface area is 108 Å². The predicted octanol–water partition coefficient (Wildman–Crippen LogP) is 0.989. The second-order valence-corrected chi connectivity index (χ2v) is 5.11. The monoisotopic (exact) mass is 250 g/mol. The van der Waals surface area contributed by atoms with Crippen molar-refractivity contribution in [2.45, 2.75) is 45.2 Å². The molecule has 0 bridgehead atoms. The maximum Gasteiger partial charge on any atom is 0.269 e. The molecule has 100 valence electrons. The highest BCUT2D eigenvalue weighted by Crippen LogP contribution is 2.11. The van der Waals surface area contributed by atoms with E-state index in [0.29, 0.717) is 11.7 Å². The second-order valence-electron chi connectivity index (χ2n) is 5.11. The van der Waals surface area contributed by atoms with E-state index in [1.165, 1.54) is 12.8 Å². The van der Waals surface area contributed by atoms with Gasteiger partial charge in [0.25, 0.3) is 5.91 Å². The van der Waals surface area contributed by atoms with E-state index in [4.69, 9.17) is 0 Å². The Balaban J connectivity index is 1.96. The van der Waals surface area contributed by atoms with E-state index in [0.717, 1.165) is 18.7 Å². The van der Waals surface area contributed by atoms with E-state index in [1.54, 1.807) is 11.7 Å². The standard InChI is InChI=1S/C13H22N4O/c1-9-8-12(17(3)16-9)13(18)15-10(2)11-6-4-5-7-14-11/h8,10-11,14H,4-7H2,1-3H3,(H,15,18). The summed E-state index contributed by atoms with van der Waals surface area (Å²) in [7, 11) is 1.80. The Morgan fingerprint density at radius 3 is 2.94 bits per heavy atom. The molecule has 18 heavy (non-hydrogen) atoms. The normalized spacial score (nSPS) is 21.6. The number of hydrogen-bond donors (Lipinski definition) is 2. The summed E-state index contributed by atoms with van der Waals surface area (Å²) < 4.78 is 1.63. The van der Waals surface area contributed by atoms with Crippen LogP contribution in [0.5, 0.6) is 0 Å². The van der Waals surface area contributed by atoms with E-state index in [1.807, 2.05) is 13.0 Å². The van der Waals surface area contributed by atoms with Crippen molar-refractivity contribution in [1.82, 2.24) is 20.4 Å². The lowest BCUT2D eigenvalue weighted by Gasteiger charge is -2.29. The quantitative estimate of drug-likeness (QED) is 0.841. The van der Waals surface area contributed by atoms with Crippen LogP contribution in [0, 0.1) is 6.92 Å². The van der Waals surface area contributed by atoms with E-state index in [-0.39, 0.29) is 11.9 Å². The number of carbonyl (C=O) groups excluding carboxylic acids is 1. The van der Waals surface area contributed by atoms with E-state index >= 15 is 0 Å². The SMILES string of the molecule is Cc1cc(C(=O)NC(C)C2CCCCN2)n(C)n1. The molecule has 1 saturated heterocycles. The summed E-state index contributed by atoms with van der Waals surface area (Å²) in [5.41, 5.74) is 1.49. The van der Waals surface area contributed by atoms with Gasteiger partial charge < -0.3 is 10.6 Å². The van der Waals surface area contributed by atoms with Crippen molar-refractivity contribution in [1.29, 1.82) is 0 Å². The van der Waals surface area contributed by atoms with Gasteiger partial charge in [-0.25, -0.2) is 0 Å². The Bertz CT molecular complexity index is 421. The van der Waals surface area contributed by atoms with Crippen molar-refractivity contribution in [3.05, 3.63) is 17.5 Å². The van der Waals surface area contributed by atoms with Gasteiger partial charge in [-0.15, -0.1) is 0 Å². The van der Waals surface area contributed by atoms with Crippen LogP contribution in [0.4, 0.5) is 0 Å². The van der Waals surface area contributed by atoms with Gasteiger partial charge in [0.15, 0.2) is 0 Å². The minimum Gasteiger partial charge on any atom is -0.347 e. The minimum absolute atomic E-state index is 0.0435. The third kappa shape index (κ3) is 2.90. The van der Waals surface area contributed by atoms with Crippen LogP contribution in [0.25, 0.3) is 0 Å². The van der Waals surface area contributed by atoms with Gasteiger partial charge in [-0.2, -0.15) is 5.10 Å². The number of carbonyl (C=O) groups is 1. The van der Waals surface area contributed by atoms with Crippen LogP contribution < -0.4 is 10.6 Å². The molecule has 2 atom stereocenters. The average Bonchev–Trinajstić information content (AvgIpc) is 2.69. The molecular formula is C13H22N4O. The summed E-state index contributed by atoms with van der Waals surface area (Å²) in [4.78, 5) is 12.1. The molecule has 0 saturated carbocycles. The first-order chi connectivity index (χ1) is 8.58. The zero-order chi connectivity index (χ0) is 13.1. The lowest BCUT2D eigenvalue weighted by Crippen LogP contribution is -2.50. The third-order valence-corrected chi connectivity index (χ3v) is 3.55. The van der Waals surface area contributed by atoms with Crippen molar-refractivity contribution in [2.24, 2.45) is 7.05 Å². The first-order valence-corrected chi connectivity index (χ1v) is 6.63. The molecule has 5 nitrogen and oxygen atoms in total. The van der Waals surface area contributed by atoms with E-state index in [2.05, 4.69) is 22.7 Å².